The van der Waals surface area contributed by atoms with Crippen molar-refractivity contribution in [2.24, 2.45) is 5.92 Å². The maximum absolute atomic E-state index is 13.1. The Labute approximate surface area is 178 Å². The molecule has 2 aromatic carbocycles. The van der Waals surface area contributed by atoms with E-state index in [1.807, 2.05) is 24.3 Å². The Morgan fingerprint density at radius 2 is 1.37 bits per heavy atom. The Morgan fingerprint density at radius 3 is 2.00 bits per heavy atom. The van der Waals surface area contributed by atoms with E-state index in [0.717, 1.165) is 25.7 Å². The van der Waals surface area contributed by atoms with Gasteiger partial charge in [0.15, 0.2) is 5.78 Å². The number of Topliss-reactive ketones (excluding diaryl/α,β-unsaturated/α-hetero) is 1. The highest BCUT2D eigenvalue weighted by atomic mass is 16.2. The van der Waals surface area contributed by atoms with Crippen molar-refractivity contribution in [2.45, 2.75) is 57.4 Å². The molecule has 1 aliphatic carbocycles. The van der Waals surface area contributed by atoms with Crippen molar-refractivity contribution in [2.75, 3.05) is 5.32 Å². The Balaban J connectivity index is 1.70. The quantitative estimate of drug-likeness (QED) is 0.515. The molecule has 0 saturated heterocycles. The average molecular weight is 407 g/mol. The van der Waals surface area contributed by atoms with Gasteiger partial charge in [-0.05, 0) is 25.0 Å². The minimum absolute atomic E-state index is 0.127. The number of hydrogen-bond acceptors (Lipinski definition) is 3. The van der Waals surface area contributed by atoms with E-state index in [-0.39, 0.29) is 24.2 Å². The zero-order valence-electron chi connectivity index (χ0n) is 17.3. The van der Waals surface area contributed by atoms with Gasteiger partial charge < -0.3 is 10.6 Å². The minimum atomic E-state index is -1.07. The molecule has 1 aliphatic rings. The molecule has 1 atom stereocenters. The van der Waals surface area contributed by atoms with E-state index in [2.05, 4.69) is 10.6 Å². The predicted octanol–water partition coefficient (Wildman–Crippen LogP) is 4.74. The first-order valence-electron chi connectivity index (χ1n) is 10.9. The van der Waals surface area contributed by atoms with Crippen LogP contribution in [0.3, 0.4) is 0 Å². The molecule has 0 bridgehead atoms. The van der Waals surface area contributed by atoms with Crippen LogP contribution in [0.15, 0.2) is 60.7 Å². The third-order valence-electron chi connectivity index (χ3n) is 5.59. The summed E-state index contributed by atoms with van der Waals surface area (Å²) in [5.41, 5.74) is 1.04. The summed E-state index contributed by atoms with van der Waals surface area (Å²) in [4.78, 5) is 38.8. The number of rotatable bonds is 7. The monoisotopic (exact) mass is 406 g/mol. The first kappa shape index (κ1) is 21.8. The van der Waals surface area contributed by atoms with Gasteiger partial charge in [-0.1, -0.05) is 80.6 Å². The summed E-state index contributed by atoms with van der Waals surface area (Å²) in [7, 11) is 0. The van der Waals surface area contributed by atoms with E-state index >= 15 is 0 Å². The molecule has 0 heterocycles. The molecule has 3 rings (SSSR count). The maximum Gasteiger partial charge on any atom is 0.235 e. The molecule has 2 N–H and O–H groups in total. The van der Waals surface area contributed by atoms with E-state index in [9.17, 15) is 14.4 Å². The van der Waals surface area contributed by atoms with Crippen LogP contribution < -0.4 is 10.6 Å². The number of hydrogen-bond donors (Lipinski definition) is 2. The van der Waals surface area contributed by atoms with E-state index in [0.29, 0.717) is 11.3 Å². The highest BCUT2D eigenvalue weighted by Crippen LogP contribution is 2.19. The number of amides is 2. The lowest BCUT2D eigenvalue weighted by atomic mass is 9.92. The number of nitrogens with one attached hydrogen (secondary N) is 2. The largest absolute Gasteiger partial charge is 0.353 e. The summed E-state index contributed by atoms with van der Waals surface area (Å²) < 4.78 is 0. The molecule has 0 aliphatic heterocycles. The fourth-order valence-electron chi connectivity index (χ4n) is 3.93. The first-order valence-corrected chi connectivity index (χ1v) is 10.9. The molecule has 30 heavy (non-hydrogen) atoms. The second-order valence-electron chi connectivity index (χ2n) is 7.95. The van der Waals surface area contributed by atoms with Crippen LogP contribution in [-0.2, 0) is 9.59 Å². The Hall–Kier alpha value is -2.95. The van der Waals surface area contributed by atoms with Crippen molar-refractivity contribution in [3.63, 3.8) is 0 Å². The minimum Gasteiger partial charge on any atom is -0.353 e. The normalized spacial score (nSPS) is 16.0. The van der Waals surface area contributed by atoms with Gasteiger partial charge in [-0.15, -0.1) is 0 Å². The van der Waals surface area contributed by atoms with Crippen LogP contribution in [0.4, 0.5) is 5.69 Å². The zero-order chi connectivity index (χ0) is 21.2. The third-order valence-corrected chi connectivity index (χ3v) is 5.59. The van der Waals surface area contributed by atoms with Crippen LogP contribution in [0.5, 0.6) is 0 Å². The molecule has 2 amide bonds. The number of ketones is 1. The first-order chi connectivity index (χ1) is 14.6. The van der Waals surface area contributed by atoms with Gasteiger partial charge in [0.2, 0.25) is 11.8 Å². The van der Waals surface area contributed by atoms with E-state index in [1.54, 1.807) is 36.4 Å². The molecule has 1 fully saturated rings. The van der Waals surface area contributed by atoms with Crippen molar-refractivity contribution in [1.82, 2.24) is 5.32 Å². The van der Waals surface area contributed by atoms with E-state index < -0.39 is 11.8 Å². The molecular weight excluding hydrogens is 376 g/mol. The van der Waals surface area contributed by atoms with Crippen molar-refractivity contribution >= 4 is 23.3 Å². The van der Waals surface area contributed by atoms with Crippen molar-refractivity contribution in [3.05, 3.63) is 66.2 Å². The summed E-state index contributed by atoms with van der Waals surface area (Å²) in [6.07, 6.45) is 7.62. The smallest absolute Gasteiger partial charge is 0.235 e. The number of anilines is 1. The van der Waals surface area contributed by atoms with Crippen molar-refractivity contribution < 1.29 is 14.4 Å². The van der Waals surface area contributed by atoms with Gasteiger partial charge in [0.25, 0.3) is 0 Å². The topological polar surface area (TPSA) is 75.3 Å². The van der Waals surface area contributed by atoms with Gasteiger partial charge in [0, 0.05) is 23.7 Å². The van der Waals surface area contributed by atoms with Crippen LogP contribution in [0.2, 0.25) is 0 Å². The Morgan fingerprint density at radius 1 is 0.800 bits per heavy atom. The number of carbonyl (C=O) groups is 3. The van der Waals surface area contributed by atoms with Crippen LogP contribution in [-0.4, -0.2) is 23.6 Å². The summed E-state index contributed by atoms with van der Waals surface area (Å²) in [5, 5.41) is 5.85. The van der Waals surface area contributed by atoms with E-state index in [1.165, 1.54) is 19.3 Å². The predicted molar refractivity (Wildman–Crippen MR) is 118 cm³/mol. The van der Waals surface area contributed by atoms with Crippen LogP contribution in [0, 0.1) is 5.92 Å². The molecule has 1 saturated carbocycles. The maximum atomic E-state index is 13.1. The second-order valence-corrected chi connectivity index (χ2v) is 7.95. The fourth-order valence-corrected chi connectivity index (χ4v) is 3.93. The SMILES string of the molecule is O=C(CC(C(=O)Nc1ccccc1)C(=O)c1ccccc1)NC1CCCCCCC1. The van der Waals surface area contributed by atoms with Gasteiger partial charge in [-0.25, -0.2) is 0 Å². The lowest BCUT2D eigenvalue weighted by molar-refractivity contribution is -0.126. The number of benzene rings is 2. The molecule has 5 nitrogen and oxygen atoms in total. The zero-order valence-corrected chi connectivity index (χ0v) is 17.3. The Kier molecular flexibility index (Phi) is 8.19. The summed E-state index contributed by atoms with van der Waals surface area (Å²) in [6, 6.07) is 17.8. The standard InChI is InChI=1S/C25H30N2O3/c28-23(26-20-14-8-2-1-3-9-15-20)18-22(24(29)19-12-6-4-7-13-19)25(30)27-21-16-10-5-11-17-21/h4-7,10-13,16-17,20,22H,1-3,8-9,14-15,18H2,(H,26,28)(H,27,30). The molecule has 0 spiro atoms. The second kappa shape index (κ2) is 11.3. The lowest BCUT2D eigenvalue weighted by Gasteiger charge is -2.22. The third kappa shape index (κ3) is 6.55. The number of para-hydroxylation sites is 1. The molecule has 0 radical (unpaired) electrons. The summed E-state index contributed by atoms with van der Waals surface area (Å²) in [6.45, 7) is 0. The van der Waals surface area contributed by atoms with Gasteiger partial charge in [-0.2, -0.15) is 0 Å². The summed E-state index contributed by atoms with van der Waals surface area (Å²) in [5.74, 6) is -2.10. The van der Waals surface area contributed by atoms with Crippen molar-refractivity contribution in [3.8, 4) is 0 Å². The summed E-state index contributed by atoms with van der Waals surface area (Å²) >= 11 is 0. The molecule has 158 valence electrons. The molecule has 5 heteroatoms. The molecule has 1 unspecified atom stereocenters. The lowest BCUT2D eigenvalue weighted by Crippen LogP contribution is -2.40. The molecule has 2 aromatic rings. The van der Waals surface area contributed by atoms with Crippen LogP contribution in [0.1, 0.15) is 61.7 Å². The van der Waals surface area contributed by atoms with Gasteiger partial charge >= 0.3 is 0 Å². The highest BCUT2D eigenvalue weighted by Gasteiger charge is 2.31. The Bertz CT molecular complexity index is 828. The number of carbonyl (C=O) groups excluding carboxylic acids is 3. The van der Waals surface area contributed by atoms with Crippen molar-refractivity contribution in [1.29, 1.82) is 0 Å². The van der Waals surface area contributed by atoms with Crippen LogP contribution >= 0.6 is 0 Å². The average Bonchev–Trinajstić information content (AvgIpc) is 2.74. The molecular formula is C25H30N2O3. The van der Waals surface area contributed by atoms with Gasteiger partial charge in [0.05, 0.1) is 0 Å². The van der Waals surface area contributed by atoms with Crippen LogP contribution in [0.25, 0.3) is 0 Å². The van der Waals surface area contributed by atoms with E-state index in [4.69, 9.17) is 0 Å². The fraction of sp³-hybridized carbons (Fsp3) is 0.400. The molecule has 0 aromatic heterocycles. The highest BCUT2D eigenvalue weighted by molar-refractivity contribution is 6.15. The van der Waals surface area contributed by atoms with Gasteiger partial charge in [0.1, 0.15) is 5.92 Å². The van der Waals surface area contributed by atoms with Gasteiger partial charge in [-0.3, -0.25) is 14.4 Å².